The van der Waals surface area contributed by atoms with Crippen LogP contribution in [0.1, 0.15) is 17.5 Å². The van der Waals surface area contributed by atoms with Crippen LogP contribution < -0.4 is 0 Å². The van der Waals surface area contributed by atoms with E-state index in [9.17, 15) is 5.11 Å². The van der Waals surface area contributed by atoms with Gasteiger partial charge in [-0.3, -0.25) is 5.10 Å². The maximum absolute atomic E-state index is 9.83. The van der Waals surface area contributed by atoms with Gasteiger partial charge in [0.15, 0.2) is 5.82 Å². The highest BCUT2D eigenvalue weighted by Crippen LogP contribution is 2.21. The van der Waals surface area contributed by atoms with E-state index in [4.69, 9.17) is 0 Å². The Bertz CT molecular complexity index is 430. The third-order valence-corrected chi connectivity index (χ3v) is 2.89. The summed E-state index contributed by atoms with van der Waals surface area (Å²) in [6, 6.07) is 7.79. The lowest BCUT2D eigenvalue weighted by Crippen LogP contribution is -2.04. The van der Waals surface area contributed by atoms with Gasteiger partial charge in [-0.1, -0.05) is 34.1 Å². The van der Waals surface area contributed by atoms with E-state index in [1.165, 1.54) is 6.33 Å². The molecule has 0 aliphatic rings. The minimum atomic E-state index is -0.647. The van der Waals surface area contributed by atoms with E-state index >= 15 is 0 Å². The van der Waals surface area contributed by atoms with Crippen molar-refractivity contribution in [3.63, 3.8) is 0 Å². The Morgan fingerprint density at radius 3 is 2.87 bits per heavy atom. The van der Waals surface area contributed by atoms with Crippen molar-refractivity contribution < 1.29 is 5.11 Å². The van der Waals surface area contributed by atoms with Gasteiger partial charge in [0.1, 0.15) is 12.4 Å². The van der Waals surface area contributed by atoms with Gasteiger partial charge in [-0.15, -0.1) is 0 Å². The van der Waals surface area contributed by atoms with Gasteiger partial charge < -0.3 is 5.11 Å². The lowest BCUT2D eigenvalue weighted by Gasteiger charge is -2.08. The second-order valence-corrected chi connectivity index (χ2v) is 4.04. The van der Waals surface area contributed by atoms with Crippen molar-refractivity contribution in [3.05, 3.63) is 46.5 Å². The second-order valence-electron chi connectivity index (χ2n) is 3.18. The molecule has 1 aromatic heterocycles. The number of H-pyrrole nitrogens is 1. The first-order chi connectivity index (χ1) is 7.27. The number of aromatic nitrogens is 3. The smallest absolute Gasteiger partial charge is 0.153 e. The zero-order chi connectivity index (χ0) is 10.7. The van der Waals surface area contributed by atoms with Crippen molar-refractivity contribution in [1.29, 1.82) is 0 Å². The first-order valence-electron chi connectivity index (χ1n) is 4.54. The number of benzene rings is 1. The molecule has 0 aliphatic carbocycles. The van der Waals surface area contributed by atoms with Crippen molar-refractivity contribution >= 4 is 15.9 Å². The molecule has 0 saturated heterocycles. The molecule has 4 nitrogen and oxygen atoms in total. The van der Waals surface area contributed by atoms with Crippen molar-refractivity contribution in [3.8, 4) is 0 Å². The van der Waals surface area contributed by atoms with E-state index in [1.807, 2.05) is 24.3 Å². The molecule has 0 amide bonds. The number of halogens is 1. The van der Waals surface area contributed by atoms with Gasteiger partial charge in [0, 0.05) is 10.9 Å². The third kappa shape index (κ3) is 2.43. The van der Waals surface area contributed by atoms with Crippen LogP contribution in [0.25, 0.3) is 0 Å². The predicted molar refractivity (Wildman–Crippen MR) is 59.2 cm³/mol. The first-order valence-corrected chi connectivity index (χ1v) is 5.33. The summed E-state index contributed by atoms with van der Waals surface area (Å²) in [7, 11) is 0. The molecule has 0 bridgehead atoms. The normalized spacial score (nSPS) is 12.7. The summed E-state index contributed by atoms with van der Waals surface area (Å²) in [5, 5.41) is 16.2. The van der Waals surface area contributed by atoms with E-state index in [0.717, 1.165) is 10.0 Å². The molecule has 1 heterocycles. The Kier molecular flexibility index (Phi) is 3.13. The summed E-state index contributed by atoms with van der Waals surface area (Å²) >= 11 is 3.43. The number of aliphatic hydroxyl groups excluding tert-OH is 1. The molecule has 5 heteroatoms. The van der Waals surface area contributed by atoms with Gasteiger partial charge in [0.2, 0.25) is 0 Å². The van der Waals surface area contributed by atoms with E-state index in [2.05, 4.69) is 31.1 Å². The monoisotopic (exact) mass is 267 g/mol. The van der Waals surface area contributed by atoms with Gasteiger partial charge in [-0.2, -0.15) is 5.10 Å². The van der Waals surface area contributed by atoms with E-state index < -0.39 is 6.10 Å². The number of rotatable bonds is 3. The van der Waals surface area contributed by atoms with Crippen molar-refractivity contribution in [2.45, 2.75) is 12.5 Å². The first kappa shape index (κ1) is 10.3. The largest absolute Gasteiger partial charge is 0.385 e. The van der Waals surface area contributed by atoms with Crippen LogP contribution in [0, 0.1) is 0 Å². The number of nitrogens with zero attached hydrogens (tertiary/aromatic N) is 2. The van der Waals surface area contributed by atoms with E-state index in [-0.39, 0.29) is 0 Å². The predicted octanol–water partition coefficient (Wildman–Crippen LogP) is 1.84. The lowest BCUT2D eigenvalue weighted by molar-refractivity contribution is 0.168. The Morgan fingerprint density at radius 2 is 2.20 bits per heavy atom. The molecule has 0 spiro atoms. The fraction of sp³-hybridized carbons (Fsp3) is 0.200. The third-order valence-electron chi connectivity index (χ3n) is 2.12. The molecule has 0 fully saturated rings. The number of aromatic amines is 1. The summed E-state index contributed by atoms with van der Waals surface area (Å²) in [5.41, 5.74) is 1.04. The summed E-state index contributed by atoms with van der Waals surface area (Å²) < 4.78 is 0.989. The minimum Gasteiger partial charge on any atom is -0.385 e. The molecule has 2 rings (SSSR count). The minimum absolute atomic E-state index is 0.491. The molecule has 2 aromatic rings. The molecule has 0 aliphatic heterocycles. The maximum Gasteiger partial charge on any atom is 0.153 e. The highest BCUT2D eigenvalue weighted by atomic mass is 79.9. The van der Waals surface area contributed by atoms with Crippen molar-refractivity contribution in [2.75, 3.05) is 0 Å². The number of nitrogens with one attached hydrogen (secondary N) is 1. The Labute approximate surface area is 95.5 Å². The fourth-order valence-electron chi connectivity index (χ4n) is 1.34. The van der Waals surface area contributed by atoms with Crippen LogP contribution in [0.5, 0.6) is 0 Å². The van der Waals surface area contributed by atoms with Crippen LogP contribution in [0.3, 0.4) is 0 Å². The van der Waals surface area contributed by atoms with Crippen LogP contribution >= 0.6 is 15.9 Å². The topological polar surface area (TPSA) is 61.8 Å². The fourth-order valence-corrected chi connectivity index (χ4v) is 1.79. The van der Waals surface area contributed by atoms with Gasteiger partial charge in [-0.05, 0) is 11.6 Å². The number of hydrogen-bond donors (Lipinski definition) is 2. The molecule has 1 atom stereocenters. The number of hydrogen-bond acceptors (Lipinski definition) is 3. The van der Waals surface area contributed by atoms with Crippen molar-refractivity contribution in [2.24, 2.45) is 0 Å². The van der Waals surface area contributed by atoms with Gasteiger partial charge in [-0.25, -0.2) is 4.98 Å². The molecule has 0 saturated carbocycles. The molecular formula is C10H10BrN3O. The SMILES string of the molecule is OC(Cc1ccccc1Br)c1ncn[nH]1. The lowest BCUT2D eigenvalue weighted by atomic mass is 10.1. The Hall–Kier alpha value is -1.20. The second kappa shape index (κ2) is 4.55. The molecule has 1 unspecified atom stereocenters. The van der Waals surface area contributed by atoms with Crippen LogP contribution in [0.2, 0.25) is 0 Å². The zero-order valence-electron chi connectivity index (χ0n) is 7.89. The van der Waals surface area contributed by atoms with E-state index in [1.54, 1.807) is 0 Å². The Morgan fingerprint density at radius 1 is 1.40 bits per heavy atom. The highest BCUT2D eigenvalue weighted by Gasteiger charge is 2.12. The molecule has 15 heavy (non-hydrogen) atoms. The zero-order valence-corrected chi connectivity index (χ0v) is 9.48. The van der Waals surface area contributed by atoms with Gasteiger partial charge in [0.05, 0.1) is 0 Å². The Balaban J connectivity index is 2.13. The average molecular weight is 268 g/mol. The molecule has 0 radical (unpaired) electrons. The van der Waals surface area contributed by atoms with Gasteiger partial charge >= 0.3 is 0 Å². The van der Waals surface area contributed by atoms with Crippen LogP contribution in [0.4, 0.5) is 0 Å². The maximum atomic E-state index is 9.83. The summed E-state index contributed by atoms with van der Waals surface area (Å²) in [6.45, 7) is 0. The average Bonchev–Trinajstić information content (AvgIpc) is 2.74. The number of aliphatic hydroxyl groups is 1. The van der Waals surface area contributed by atoms with Crippen LogP contribution in [-0.4, -0.2) is 20.3 Å². The molecular weight excluding hydrogens is 258 g/mol. The summed E-state index contributed by atoms with van der Waals surface area (Å²) in [5.74, 6) is 0.491. The standard InChI is InChI=1S/C10H10BrN3O/c11-8-4-2-1-3-7(8)5-9(15)10-12-6-13-14-10/h1-4,6,9,15H,5H2,(H,12,13,14). The van der Waals surface area contributed by atoms with Crippen molar-refractivity contribution in [1.82, 2.24) is 15.2 Å². The molecule has 1 aromatic carbocycles. The highest BCUT2D eigenvalue weighted by molar-refractivity contribution is 9.10. The molecule has 78 valence electrons. The van der Waals surface area contributed by atoms with Crippen LogP contribution in [-0.2, 0) is 6.42 Å². The van der Waals surface area contributed by atoms with E-state index in [0.29, 0.717) is 12.2 Å². The van der Waals surface area contributed by atoms with Crippen LogP contribution in [0.15, 0.2) is 35.1 Å². The summed E-state index contributed by atoms with van der Waals surface area (Å²) in [4.78, 5) is 3.91. The quantitative estimate of drug-likeness (QED) is 0.892. The molecule has 2 N–H and O–H groups in total. The van der Waals surface area contributed by atoms with Gasteiger partial charge in [0.25, 0.3) is 0 Å². The summed E-state index contributed by atoms with van der Waals surface area (Å²) in [6.07, 6.45) is 1.25.